The van der Waals surface area contributed by atoms with Crippen LogP contribution in [0.3, 0.4) is 0 Å². The Bertz CT molecular complexity index is 389. The van der Waals surface area contributed by atoms with Crippen molar-refractivity contribution in [3.8, 4) is 0 Å². The molecule has 1 amide bonds. The van der Waals surface area contributed by atoms with Gasteiger partial charge in [0, 0.05) is 13.1 Å². The van der Waals surface area contributed by atoms with Crippen molar-refractivity contribution in [3.05, 3.63) is 35.9 Å². The average Bonchev–Trinajstić information content (AvgIpc) is 2.44. The van der Waals surface area contributed by atoms with Crippen LogP contribution in [0.25, 0.3) is 0 Å². The van der Waals surface area contributed by atoms with E-state index in [0.29, 0.717) is 12.0 Å². The normalized spacial score (nSPS) is 14.1. The fraction of sp³-hybridized carbons (Fsp3) is 0.588. The molecule has 2 unspecified atom stereocenters. The summed E-state index contributed by atoms with van der Waals surface area (Å²) in [6.07, 6.45) is 2.95. The predicted octanol–water partition coefficient (Wildman–Crippen LogP) is 2.76. The van der Waals surface area contributed by atoms with Gasteiger partial charge in [-0.15, -0.1) is 0 Å². The fourth-order valence-corrected chi connectivity index (χ4v) is 2.35. The summed E-state index contributed by atoms with van der Waals surface area (Å²) in [7, 11) is 1.70. The van der Waals surface area contributed by atoms with Gasteiger partial charge < -0.3 is 10.6 Å². The van der Waals surface area contributed by atoms with Crippen LogP contribution in [0.5, 0.6) is 0 Å². The molecule has 112 valence electrons. The Morgan fingerprint density at radius 1 is 1.15 bits per heavy atom. The van der Waals surface area contributed by atoms with Gasteiger partial charge >= 0.3 is 0 Å². The summed E-state index contributed by atoms with van der Waals surface area (Å²) in [5.41, 5.74) is 1.35. The van der Waals surface area contributed by atoms with E-state index in [1.807, 2.05) is 6.07 Å². The highest BCUT2D eigenvalue weighted by molar-refractivity contribution is 5.81. The summed E-state index contributed by atoms with van der Waals surface area (Å²) in [5.74, 6) is 0.594. The lowest BCUT2D eigenvalue weighted by molar-refractivity contribution is -0.123. The van der Waals surface area contributed by atoms with Gasteiger partial charge in [0.2, 0.25) is 5.91 Å². The number of nitrogens with one attached hydrogen (secondary N) is 2. The third-order valence-corrected chi connectivity index (χ3v) is 3.46. The number of hydrogen-bond donors (Lipinski definition) is 2. The summed E-state index contributed by atoms with van der Waals surface area (Å²) in [6, 6.07) is 10.7. The molecule has 0 aromatic heterocycles. The molecule has 1 rings (SSSR count). The molecule has 3 nitrogen and oxygen atoms in total. The molecule has 0 fully saturated rings. The van der Waals surface area contributed by atoms with Crippen molar-refractivity contribution in [1.82, 2.24) is 10.6 Å². The van der Waals surface area contributed by atoms with E-state index < -0.39 is 0 Å². The van der Waals surface area contributed by atoms with E-state index >= 15 is 0 Å². The second-order valence-electron chi connectivity index (χ2n) is 5.89. The largest absolute Gasteiger partial charge is 0.358 e. The van der Waals surface area contributed by atoms with Crippen LogP contribution in [0.2, 0.25) is 0 Å². The van der Waals surface area contributed by atoms with E-state index in [2.05, 4.69) is 55.7 Å². The molecule has 20 heavy (non-hydrogen) atoms. The maximum absolute atomic E-state index is 11.9. The summed E-state index contributed by atoms with van der Waals surface area (Å²) in [6.45, 7) is 6.44. The zero-order valence-corrected chi connectivity index (χ0v) is 13.1. The molecule has 0 spiro atoms. The Labute approximate surface area is 123 Å². The first-order chi connectivity index (χ1) is 9.52. The first-order valence-electron chi connectivity index (χ1n) is 7.54. The van der Waals surface area contributed by atoms with E-state index in [9.17, 15) is 4.79 Å². The number of carbonyl (C=O) groups is 1. The second-order valence-corrected chi connectivity index (χ2v) is 5.89. The minimum atomic E-state index is -0.0919. The minimum Gasteiger partial charge on any atom is -0.358 e. The Morgan fingerprint density at radius 2 is 1.80 bits per heavy atom. The van der Waals surface area contributed by atoms with Crippen LogP contribution in [0, 0.1) is 5.92 Å². The highest BCUT2D eigenvalue weighted by Crippen LogP contribution is 2.09. The van der Waals surface area contributed by atoms with Crippen LogP contribution < -0.4 is 10.6 Å². The van der Waals surface area contributed by atoms with Gasteiger partial charge in [0.25, 0.3) is 0 Å². The molecule has 0 radical (unpaired) electrons. The average molecular weight is 276 g/mol. The Balaban J connectivity index is 2.45. The summed E-state index contributed by atoms with van der Waals surface area (Å²) in [4.78, 5) is 11.9. The maximum atomic E-state index is 11.9. The third-order valence-electron chi connectivity index (χ3n) is 3.46. The highest BCUT2D eigenvalue weighted by Gasteiger charge is 2.20. The molecule has 1 aromatic rings. The molecule has 2 N–H and O–H groups in total. The summed E-state index contributed by atoms with van der Waals surface area (Å²) in [5, 5.41) is 6.21. The molecule has 0 saturated heterocycles. The van der Waals surface area contributed by atoms with Gasteiger partial charge in [-0.25, -0.2) is 0 Å². The van der Waals surface area contributed by atoms with Gasteiger partial charge in [-0.3, -0.25) is 4.79 Å². The molecule has 2 atom stereocenters. The number of likely N-dealkylation sites (N-methyl/N-ethyl adjacent to an activating group) is 1. The van der Waals surface area contributed by atoms with Crippen LogP contribution in [0.1, 0.15) is 39.2 Å². The van der Waals surface area contributed by atoms with Crippen molar-refractivity contribution in [3.63, 3.8) is 0 Å². The lowest BCUT2D eigenvalue weighted by Crippen LogP contribution is -2.47. The monoisotopic (exact) mass is 276 g/mol. The van der Waals surface area contributed by atoms with Crippen molar-refractivity contribution in [1.29, 1.82) is 0 Å². The van der Waals surface area contributed by atoms with Crippen LogP contribution in [-0.2, 0) is 11.2 Å². The number of carbonyl (C=O) groups excluding carboxylic acids is 1. The summed E-state index contributed by atoms with van der Waals surface area (Å²) < 4.78 is 0. The van der Waals surface area contributed by atoms with Crippen LogP contribution >= 0.6 is 0 Å². The van der Waals surface area contributed by atoms with Crippen molar-refractivity contribution >= 4 is 5.91 Å². The number of amides is 1. The van der Waals surface area contributed by atoms with Crippen molar-refractivity contribution < 1.29 is 4.79 Å². The van der Waals surface area contributed by atoms with Crippen LogP contribution in [-0.4, -0.2) is 25.0 Å². The molecule has 1 aromatic carbocycles. The number of hydrogen-bond acceptors (Lipinski definition) is 2. The minimum absolute atomic E-state index is 0.0882. The Kier molecular flexibility index (Phi) is 7.31. The van der Waals surface area contributed by atoms with Gasteiger partial charge in [0.15, 0.2) is 0 Å². The Morgan fingerprint density at radius 3 is 2.35 bits per heavy atom. The molecule has 3 heteroatoms. The summed E-state index contributed by atoms with van der Waals surface area (Å²) >= 11 is 0. The smallest absolute Gasteiger partial charge is 0.236 e. The van der Waals surface area contributed by atoms with E-state index in [1.165, 1.54) is 5.56 Å². The van der Waals surface area contributed by atoms with Crippen molar-refractivity contribution in [2.45, 2.75) is 52.1 Å². The van der Waals surface area contributed by atoms with E-state index in [-0.39, 0.29) is 11.9 Å². The third kappa shape index (κ3) is 6.20. The predicted molar refractivity (Wildman–Crippen MR) is 84.7 cm³/mol. The zero-order chi connectivity index (χ0) is 15.0. The standard InChI is InChI=1S/C17H28N2O/c1-13(2)12-16(17(20)18-4)19-14(3)10-11-15-8-6-5-7-9-15/h5-9,13-14,16,19H,10-12H2,1-4H3,(H,18,20). The lowest BCUT2D eigenvalue weighted by atomic mass is 10.0. The van der Waals surface area contributed by atoms with Crippen LogP contribution in [0.15, 0.2) is 30.3 Å². The Hall–Kier alpha value is -1.35. The molecule has 0 bridgehead atoms. The lowest BCUT2D eigenvalue weighted by Gasteiger charge is -2.23. The number of benzene rings is 1. The van der Waals surface area contributed by atoms with E-state index in [1.54, 1.807) is 7.05 Å². The molecule has 0 aliphatic carbocycles. The van der Waals surface area contributed by atoms with Crippen molar-refractivity contribution in [2.24, 2.45) is 5.92 Å². The molecule has 0 aliphatic heterocycles. The van der Waals surface area contributed by atoms with Gasteiger partial charge in [-0.2, -0.15) is 0 Å². The quantitative estimate of drug-likeness (QED) is 0.766. The molecular formula is C17H28N2O. The van der Waals surface area contributed by atoms with Gasteiger partial charge in [0.05, 0.1) is 6.04 Å². The molecule has 0 saturated carbocycles. The highest BCUT2D eigenvalue weighted by atomic mass is 16.2. The second kappa shape index (κ2) is 8.75. The topological polar surface area (TPSA) is 41.1 Å². The van der Waals surface area contributed by atoms with Crippen LogP contribution in [0.4, 0.5) is 0 Å². The number of aryl methyl sites for hydroxylation is 1. The van der Waals surface area contributed by atoms with Gasteiger partial charge in [-0.1, -0.05) is 44.2 Å². The molecular weight excluding hydrogens is 248 g/mol. The zero-order valence-electron chi connectivity index (χ0n) is 13.1. The first kappa shape index (κ1) is 16.7. The van der Waals surface area contributed by atoms with E-state index in [4.69, 9.17) is 0 Å². The van der Waals surface area contributed by atoms with Gasteiger partial charge in [-0.05, 0) is 37.7 Å². The van der Waals surface area contributed by atoms with E-state index in [0.717, 1.165) is 19.3 Å². The fourth-order valence-electron chi connectivity index (χ4n) is 2.35. The first-order valence-corrected chi connectivity index (χ1v) is 7.54. The maximum Gasteiger partial charge on any atom is 0.236 e. The number of rotatable bonds is 8. The molecule has 0 heterocycles. The SMILES string of the molecule is CNC(=O)C(CC(C)C)NC(C)CCc1ccccc1. The van der Waals surface area contributed by atoms with Crippen molar-refractivity contribution in [2.75, 3.05) is 7.05 Å². The molecule has 0 aliphatic rings. The van der Waals surface area contributed by atoms with Gasteiger partial charge in [0.1, 0.15) is 0 Å².